The van der Waals surface area contributed by atoms with Gasteiger partial charge in [-0.3, -0.25) is 4.79 Å². The Kier molecular flexibility index (Phi) is 5.64. The Hall–Kier alpha value is -0.610. The number of methoxy groups -OCH3 is 1. The minimum Gasteiger partial charge on any atom is -0.379 e. The molecule has 0 aromatic heterocycles. The van der Waals surface area contributed by atoms with Gasteiger partial charge in [-0.1, -0.05) is 0 Å². The Labute approximate surface area is 116 Å². The Balaban J connectivity index is 1.64. The van der Waals surface area contributed by atoms with Gasteiger partial charge in [0.05, 0.1) is 12.1 Å². The van der Waals surface area contributed by atoms with Gasteiger partial charge < -0.3 is 15.8 Å². The molecule has 19 heavy (non-hydrogen) atoms. The van der Waals surface area contributed by atoms with Gasteiger partial charge in [0.1, 0.15) is 0 Å². The van der Waals surface area contributed by atoms with Gasteiger partial charge in [0.15, 0.2) is 0 Å². The summed E-state index contributed by atoms with van der Waals surface area (Å²) in [5.41, 5.74) is 5.90. The summed E-state index contributed by atoms with van der Waals surface area (Å²) in [5, 5.41) is 3.14. The molecule has 2 rings (SSSR count). The van der Waals surface area contributed by atoms with E-state index in [1.807, 2.05) is 0 Å². The lowest BCUT2D eigenvalue weighted by atomic mass is 9.84. The lowest BCUT2D eigenvalue weighted by molar-refractivity contribution is -0.122. The highest BCUT2D eigenvalue weighted by Crippen LogP contribution is 2.27. The second-order valence-corrected chi connectivity index (χ2v) is 6.20. The number of nitrogens with two attached hydrogens (primary N) is 1. The van der Waals surface area contributed by atoms with Crippen molar-refractivity contribution in [3.63, 3.8) is 0 Å². The van der Waals surface area contributed by atoms with Gasteiger partial charge in [0.2, 0.25) is 5.91 Å². The van der Waals surface area contributed by atoms with Crippen LogP contribution in [0.1, 0.15) is 57.8 Å². The van der Waals surface area contributed by atoms with Crippen LogP contribution in [0.15, 0.2) is 0 Å². The molecule has 0 spiro atoms. The van der Waals surface area contributed by atoms with Crippen LogP contribution in [0.25, 0.3) is 0 Å². The van der Waals surface area contributed by atoms with E-state index in [0.717, 1.165) is 38.5 Å². The van der Waals surface area contributed by atoms with E-state index in [0.29, 0.717) is 18.4 Å². The maximum Gasteiger partial charge on any atom is 0.220 e. The number of nitrogens with one attached hydrogen (secondary N) is 1. The summed E-state index contributed by atoms with van der Waals surface area (Å²) >= 11 is 0. The fourth-order valence-corrected chi connectivity index (χ4v) is 3.46. The van der Waals surface area contributed by atoms with Crippen LogP contribution in [-0.2, 0) is 9.53 Å². The molecule has 1 amide bonds. The van der Waals surface area contributed by atoms with Gasteiger partial charge >= 0.3 is 0 Å². The topological polar surface area (TPSA) is 64.3 Å². The van der Waals surface area contributed by atoms with Crippen LogP contribution in [0.2, 0.25) is 0 Å². The minimum absolute atomic E-state index is 0.198. The van der Waals surface area contributed by atoms with E-state index in [4.69, 9.17) is 10.5 Å². The monoisotopic (exact) mass is 268 g/mol. The van der Waals surface area contributed by atoms with E-state index in [9.17, 15) is 4.79 Å². The van der Waals surface area contributed by atoms with Crippen molar-refractivity contribution in [2.24, 2.45) is 11.7 Å². The molecule has 2 unspecified atom stereocenters. The number of carbonyl (C=O) groups excluding carboxylic acids is 1. The van der Waals surface area contributed by atoms with Crippen molar-refractivity contribution in [1.29, 1.82) is 0 Å². The quantitative estimate of drug-likeness (QED) is 0.801. The van der Waals surface area contributed by atoms with Crippen LogP contribution < -0.4 is 11.1 Å². The van der Waals surface area contributed by atoms with Gasteiger partial charge in [0, 0.05) is 19.6 Å². The van der Waals surface area contributed by atoms with Crippen molar-refractivity contribution in [3.8, 4) is 0 Å². The predicted molar refractivity (Wildman–Crippen MR) is 75.7 cm³/mol. The number of hydrogen-bond donors (Lipinski definition) is 2. The minimum atomic E-state index is 0.198. The van der Waals surface area contributed by atoms with Crippen LogP contribution in [0, 0.1) is 5.92 Å². The van der Waals surface area contributed by atoms with Crippen molar-refractivity contribution in [2.45, 2.75) is 76.0 Å². The molecule has 2 fully saturated rings. The second-order valence-electron chi connectivity index (χ2n) is 6.20. The maximum atomic E-state index is 12.0. The molecule has 0 aromatic rings. The third kappa shape index (κ3) is 4.46. The van der Waals surface area contributed by atoms with Crippen LogP contribution in [0.4, 0.5) is 0 Å². The van der Waals surface area contributed by atoms with Crippen LogP contribution >= 0.6 is 0 Å². The zero-order chi connectivity index (χ0) is 13.7. The average molecular weight is 268 g/mol. The summed E-state index contributed by atoms with van der Waals surface area (Å²) in [6.07, 6.45) is 9.82. The molecule has 110 valence electrons. The van der Waals surface area contributed by atoms with E-state index in [2.05, 4.69) is 5.32 Å². The first-order chi connectivity index (χ1) is 9.19. The highest BCUT2D eigenvalue weighted by Gasteiger charge is 2.28. The van der Waals surface area contributed by atoms with Crippen molar-refractivity contribution in [3.05, 3.63) is 0 Å². The summed E-state index contributed by atoms with van der Waals surface area (Å²) in [6.45, 7) is 0. The fourth-order valence-electron chi connectivity index (χ4n) is 3.46. The summed E-state index contributed by atoms with van der Waals surface area (Å²) in [4.78, 5) is 12.0. The smallest absolute Gasteiger partial charge is 0.220 e. The Morgan fingerprint density at radius 3 is 2.63 bits per heavy atom. The first-order valence-corrected chi connectivity index (χ1v) is 7.76. The molecule has 0 heterocycles. The Morgan fingerprint density at radius 2 is 1.95 bits per heavy atom. The molecule has 2 atom stereocenters. The number of carbonyl (C=O) groups is 1. The zero-order valence-electron chi connectivity index (χ0n) is 12.1. The molecule has 0 bridgehead atoms. The highest BCUT2D eigenvalue weighted by atomic mass is 16.5. The Morgan fingerprint density at radius 1 is 1.21 bits per heavy atom. The summed E-state index contributed by atoms with van der Waals surface area (Å²) < 4.78 is 5.40. The molecule has 0 aliphatic heterocycles. The predicted octanol–water partition coefficient (Wildman–Crippen LogP) is 1.97. The van der Waals surface area contributed by atoms with E-state index in [1.165, 1.54) is 12.8 Å². The van der Waals surface area contributed by atoms with Crippen molar-refractivity contribution in [2.75, 3.05) is 7.11 Å². The molecule has 4 nitrogen and oxygen atoms in total. The number of hydrogen-bond acceptors (Lipinski definition) is 3. The number of ether oxygens (including phenoxy) is 1. The first-order valence-electron chi connectivity index (χ1n) is 7.76. The van der Waals surface area contributed by atoms with Gasteiger partial charge in [-0.15, -0.1) is 0 Å². The van der Waals surface area contributed by atoms with Gasteiger partial charge in [-0.2, -0.15) is 0 Å². The van der Waals surface area contributed by atoms with E-state index < -0.39 is 0 Å². The molecular formula is C15H28N2O2. The van der Waals surface area contributed by atoms with Gasteiger partial charge in [-0.25, -0.2) is 0 Å². The third-order valence-corrected chi connectivity index (χ3v) is 4.77. The molecule has 0 aromatic carbocycles. The molecule has 3 N–H and O–H groups in total. The van der Waals surface area contributed by atoms with Crippen molar-refractivity contribution >= 4 is 5.91 Å². The Bertz CT molecular complexity index is 288. The standard InChI is InChI=1S/C15H28N2O2/c1-19-14-4-2-3-13(14)17-15(18)10-7-11-5-8-12(16)9-6-11/h11-14H,2-10,16H2,1H3,(H,17,18). The largest absolute Gasteiger partial charge is 0.379 e. The number of amides is 1. The lowest BCUT2D eigenvalue weighted by Crippen LogP contribution is -2.40. The molecule has 0 saturated heterocycles. The maximum absolute atomic E-state index is 12.0. The normalized spacial score (nSPS) is 35.3. The summed E-state index contributed by atoms with van der Waals surface area (Å²) in [5.74, 6) is 0.899. The molecule has 4 heteroatoms. The SMILES string of the molecule is COC1CCCC1NC(=O)CCC1CCC(N)CC1. The van der Waals surface area contributed by atoms with Crippen LogP contribution in [0.3, 0.4) is 0 Å². The summed E-state index contributed by atoms with van der Waals surface area (Å²) in [6, 6.07) is 0.628. The zero-order valence-corrected chi connectivity index (χ0v) is 12.1. The average Bonchev–Trinajstić information content (AvgIpc) is 2.85. The molecule has 2 saturated carbocycles. The van der Waals surface area contributed by atoms with E-state index in [-0.39, 0.29) is 18.1 Å². The van der Waals surface area contributed by atoms with E-state index in [1.54, 1.807) is 7.11 Å². The third-order valence-electron chi connectivity index (χ3n) is 4.77. The van der Waals surface area contributed by atoms with Gasteiger partial charge in [-0.05, 0) is 57.3 Å². The van der Waals surface area contributed by atoms with Crippen molar-refractivity contribution < 1.29 is 9.53 Å². The van der Waals surface area contributed by atoms with E-state index >= 15 is 0 Å². The second kappa shape index (κ2) is 7.25. The molecular weight excluding hydrogens is 240 g/mol. The van der Waals surface area contributed by atoms with Crippen molar-refractivity contribution in [1.82, 2.24) is 5.32 Å². The van der Waals surface area contributed by atoms with Crippen LogP contribution in [0.5, 0.6) is 0 Å². The first kappa shape index (κ1) is 14.8. The highest BCUT2D eigenvalue weighted by molar-refractivity contribution is 5.76. The van der Waals surface area contributed by atoms with Gasteiger partial charge in [0.25, 0.3) is 0 Å². The summed E-state index contributed by atoms with van der Waals surface area (Å²) in [7, 11) is 1.74. The lowest BCUT2D eigenvalue weighted by Gasteiger charge is -2.26. The fraction of sp³-hybridized carbons (Fsp3) is 0.933. The molecule has 0 radical (unpaired) electrons. The molecule has 2 aliphatic carbocycles. The number of rotatable bonds is 5. The molecule has 2 aliphatic rings. The van der Waals surface area contributed by atoms with Crippen LogP contribution in [-0.4, -0.2) is 31.2 Å².